The predicted molar refractivity (Wildman–Crippen MR) is 96.8 cm³/mol. The minimum Gasteiger partial charge on any atom is -0.297 e. The van der Waals surface area contributed by atoms with Crippen LogP contribution >= 0.6 is 11.6 Å². The standard InChI is InChI=1S/C18H27ClO4S/c1-2-3-4-5-6-7-8-9-10-17(20)15-23-24(21,22)18-13-11-16(19)12-14-18/h11-14H,2-10,15H2,1H3. The molecule has 0 heterocycles. The van der Waals surface area contributed by atoms with Gasteiger partial charge < -0.3 is 0 Å². The predicted octanol–water partition coefficient (Wildman–Crippen LogP) is 5.15. The molecule has 0 unspecified atom stereocenters. The smallest absolute Gasteiger partial charge is 0.297 e. The Labute approximate surface area is 150 Å². The third kappa shape index (κ3) is 8.81. The maximum Gasteiger partial charge on any atom is 0.297 e. The number of halogens is 1. The molecule has 0 aliphatic heterocycles. The number of unbranched alkanes of at least 4 members (excludes halogenated alkanes) is 7. The Hall–Kier alpha value is -0.910. The van der Waals surface area contributed by atoms with Crippen LogP contribution in [0.15, 0.2) is 29.2 Å². The van der Waals surface area contributed by atoms with Crippen molar-refractivity contribution in [3.63, 3.8) is 0 Å². The zero-order chi connectivity index (χ0) is 17.8. The minimum absolute atomic E-state index is 0.00628. The molecule has 0 N–H and O–H groups in total. The van der Waals surface area contributed by atoms with Crippen molar-refractivity contribution < 1.29 is 17.4 Å². The molecule has 1 aromatic rings. The fourth-order valence-electron chi connectivity index (χ4n) is 2.34. The molecule has 4 nitrogen and oxygen atoms in total. The van der Waals surface area contributed by atoms with Gasteiger partial charge in [-0.05, 0) is 30.7 Å². The third-order valence-electron chi connectivity index (χ3n) is 3.79. The summed E-state index contributed by atoms with van der Waals surface area (Å²) in [5, 5.41) is 0.444. The van der Waals surface area contributed by atoms with Gasteiger partial charge in [0.1, 0.15) is 6.61 Å². The summed E-state index contributed by atoms with van der Waals surface area (Å²) in [5.41, 5.74) is 0. The molecule has 0 amide bonds. The van der Waals surface area contributed by atoms with Crippen molar-refractivity contribution in [3.8, 4) is 0 Å². The fraction of sp³-hybridized carbons (Fsp3) is 0.611. The Morgan fingerprint density at radius 2 is 1.50 bits per heavy atom. The van der Waals surface area contributed by atoms with Gasteiger partial charge in [0.2, 0.25) is 0 Å². The van der Waals surface area contributed by atoms with Crippen LogP contribution in [0.3, 0.4) is 0 Å². The van der Waals surface area contributed by atoms with Gasteiger partial charge in [-0.25, -0.2) is 0 Å². The van der Waals surface area contributed by atoms with Gasteiger partial charge in [0.15, 0.2) is 5.78 Å². The molecule has 0 saturated heterocycles. The van der Waals surface area contributed by atoms with Crippen LogP contribution < -0.4 is 0 Å². The van der Waals surface area contributed by atoms with Crippen molar-refractivity contribution in [3.05, 3.63) is 29.3 Å². The van der Waals surface area contributed by atoms with E-state index in [1.165, 1.54) is 56.4 Å². The topological polar surface area (TPSA) is 60.4 Å². The fourth-order valence-corrected chi connectivity index (χ4v) is 3.36. The molecular formula is C18H27ClO4S. The lowest BCUT2D eigenvalue weighted by Crippen LogP contribution is -2.14. The van der Waals surface area contributed by atoms with Crippen molar-refractivity contribution in [2.75, 3.05) is 6.61 Å². The van der Waals surface area contributed by atoms with Gasteiger partial charge in [0.05, 0.1) is 4.90 Å². The molecule has 0 bridgehead atoms. The van der Waals surface area contributed by atoms with Crippen LogP contribution in [0.4, 0.5) is 0 Å². The highest BCUT2D eigenvalue weighted by Crippen LogP contribution is 2.16. The van der Waals surface area contributed by atoms with Gasteiger partial charge in [-0.3, -0.25) is 8.98 Å². The summed E-state index contributed by atoms with van der Waals surface area (Å²) < 4.78 is 28.7. The number of benzene rings is 1. The molecule has 0 atom stereocenters. The lowest BCUT2D eigenvalue weighted by molar-refractivity contribution is -0.121. The molecule has 0 radical (unpaired) electrons. The number of hydrogen-bond acceptors (Lipinski definition) is 4. The molecule has 0 spiro atoms. The van der Waals surface area contributed by atoms with E-state index in [4.69, 9.17) is 15.8 Å². The zero-order valence-electron chi connectivity index (χ0n) is 14.3. The maximum absolute atomic E-state index is 11.9. The summed E-state index contributed by atoms with van der Waals surface area (Å²) in [5.74, 6) is -0.182. The number of hydrogen-bond donors (Lipinski definition) is 0. The molecule has 0 aromatic heterocycles. The summed E-state index contributed by atoms with van der Waals surface area (Å²) in [6.45, 7) is 1.79. The second kappa shape index (κ2) is 11.6. The third-order valence-corrected chi connectivity index (χ3v) is 5.32. The monoisotopic (exact) mass is 374 g/mol. The van der Waals surface area contributed by atoms with Gasteiger partial charge in [-0.2, -0.15) is 8.42 Å². The molecule has 0 saturated carbocycles. The average Bonchev–Trinajstić information content (AvgIpc) is 2.56. The van der Waals surface area contributed by atoms with Crippen molar-refractivity contribution >= 4 is 27.5 Å². The van der Waals surface area contributed by atoms with Gasteiger partial charge >= 0.3 is 0 Å². The summed E-state index contributed by atoms with van der Waals surface area (Å²) in [4.78, 5) is 11.7. The SMILES string of the molecule is CCCCCCCCCCC(=O)COS(=O)(=O)c1ccc(Cl)cc1. The quantitative estimate of drug-likeness (QED) is 0.354. The van der Waals surface area contributed by atoms with Crippen LogP contribution in [0.1, 0.15) is 64.7 Å². The van der Waals surface area contributed by atoms with E-state index in [-0.39, 0.29) is 10.7 Å². The van der Waals surface area contributed by atoms with Crippen LogP contribution in [-0.2, 0) is 19.1 Å². The normalized spacial score (nSPS) is 11.6. The minimum atomic E-state index is -3.90. The van der Waals surface area contributed by atoms with E-state index in [0.29, 0.717) is 11.4 Å². The largest absolute Gasteiger partial charge is 0.297 e. The zero-order valence-corrected chi connectivity index (χ0v) is 15.9. The molecule has 0 fully saturated rings. The van der Waals surface area contributed by atoms with Crippen LogP contribution in [0.5, 0.6) is 0 Å². The van der Waals surface area contributed by atoms with Crippen molar-refractivity contribution in [1.29, 1.82) is 0 Å². The Morgan fingerprint density at radius 1 is 0.958 bits per heavy atom. The number of rotatable bonds is 13. The lowest BCUT2D eigenvalue weighted by Gasteiger charge is -2.05. The molecule has 0 aliphatic rings. The first-order valence-electron chi connectivity index (χ1n) is 8.62. The first-order chi connectivity index (χ1) is 11.5. The Bertz CT molecular complexity index is 582. The van der Waals surface area contributed by atoms with Crippen LogP contribution in [0.2, 0.25) is 5.02 Å². The van der Waals surface area contributed by atoms with Crippen molar-refractivity contribution in [2.24, 2.45) is 0 Å². The highest BCUT2D eigenvalue weighted by atomic mass is 35.5. The van der Waals surface area contributed by atoms with Crippen LogP contribution in [0, 0.1) is 0 Å². The Kier molecular flexibility index (Phi) is 10.2. The van der Waals surface area contributed by atoms with E-state index < -0.39 is 16.7 Å². The van der Waals surface area contributed by atoms with E-state index in [9.17, 15) is 13.2 Å². The van der Waals surface area contributed by atoms with Gasteiger partial charge in [-0.1, -0.05) is 63.5 Å². The number of carbonyl (C=O) groups is 1. The number of Topliss-reactive ketones (excluding diaryl/α,β-unsaturated/α-hetero) is 1. The van der Waals surface area contributed by atoms with E-state index in [1.54, 1.807) is 0 Å². The van der Waals surface area contributed by atoms with E-state index >= 15 is 0 Å². The highest BCUT2D eigenvalue weighted by Gasteiger charge is 2.16. The second-order valence-corrected chi connectivity index (χ2v) is 7.99. The Morgan fingerprint density at radius 3 is 2.08 bits per heavy atom. The van der Waals surface area contributed by atoms with Crippen molar-refractivity contribution in [1.82, 2.24) is 0 Å². The lowest BCUT2D eigenvalue weighted by atomic mass is 10.1. The molecule has 6 heteroatoms. The highest BCUT2D eigenvalue weighted by molar-refractivity contribution is 7.86. The molecule has 1 aromatic carbocycles. The van der Waals surface area contributed by atoms with Gasteiger partial charge in [0.25, 0.3) is 10.1 Å². The average molecular weight is 375 g/mol. The van der Waals surface area contributed by atoms with E-state index in [1.807, 2.05) is 0 Å². The number of carbonyl (C=O) groups excluding carboxylic acids is 1. The first kappa shape index (κ1) is 21.1. The molecule has 136 valence electrons. The molecular weight excluding hydrogens is 348 g/mol. The molecule has 1 rings (SSSR count). The van der Waals surface area contributed by atoms with Gasteiger partial charge in [0, 0.05) is 11.4 Å². The summed E-state index contributed by atoms with van der Waals surface area (Å²) in [6, 6.07) is 5.67. The van der Waals surface area contributed by atoms with Gasteiger partial charge in [-0.15, -0.1) is 0 Å². The summed E-state index contributed by atoms with van der Waals surface area (Å²) >= 11 is 5.72. The first-order valence-corrected chi connectivity index (χ1v) is 10.4. The molecule has 24 heavy (non-hydrogen) atoms. The maximum atomic E-state index is 11.9. The van der Waals surface area contributed by atoms with E-state index in [0.717, 1.165) is 19.3 Å². The van der Waals surface area contributed by atoms with Crippen LogP contribution in [-0.4, -0.2) is 20.8 Å². The number of ketones is 1. The summed E-state index contributed by atoms with van der Waals surface area (Å²) in [7, 11) is -3.90. The van der Waals surface area contributed by atoms with Crippen molar-refractivity contribution in [2.45, 2.75) is 69.6 Å². The van der Waals surface area contributed by atoms with Crippen LogP contribution in [0.25, 0.3) is 0 Å². The second-order valence-electron chi connectivity index (χ2n) is 5.93. The summed E-state index contributed by atoms with van der Waals surface area (Å²) in [6.07, 6.45) is 9.56. The molecule has 0 aliphatic carbocycles. The van der Waals surface area contributed by atoms with E-state index in [2.05, 4.69) is 6.92 Å². The Balaban J connectivity index is 2.18.